The number of nitrogens with one attached hydrogen (secondary N) is 2. The van der Waals surface area contributed by atoms with E-state index in [1.165, 1.54) is 0 Å². The lowest BCUT2D eigenvalue weighted by atomic mass is 10.0. The van der Waals surface area contributed by atoms with Crippen molar-refractivity contribution in [2.75, 3.05) is 18.1 Å². The summed E-state index contributed by atoms with van der Waals surface area (Å²) < 4.78 is 12.2. The van der Waals surface area contributed by atoms with Gasteiger partial charge in [-0.3, -0.25) is 10.2 Å². The Morgan fingerprint density at radius 3 is 2.50 bits per heavy atom. The Labute approximate surface area is 239 Å². The van der Waals surface area contributed by atoms with Crippen LogP contribution >= 0.6 is 11.6 Å². The van der Waals surface area contributed by atoms with Gasteiger partial charge < -0.3 is 25.4 Å². The minimum Gasteiger partial charge on any atom is -0.493 e. The van der Waals surface area contributed by atoms with Gasteiger partial charge in [-0.15, -0.1) is 0 Å². The number of anilines is 1. The van der Waals surface area contributed by atoms with Crippen LogP contribution in [-0.4, -0.2) is 31.1 Å². The summed E-state index contributed by atoms with van der Waals surface area (Å²) in [5.74, 6) is 1.23. The fourth-order valence-electron chi connectivity index (χ4n) is 4.68. The summed E-state index contributed by atoms with van der Waals surface area (Å²) in [4.78, 5) is 15.5. The highest BCUT2D eigenvalue weighted by Gasteiger charge is 2.34. The molecule has 204 valence electrons. The summed E-state index contributed by atoms with van der Waals surface area (Å²) in [6.45, 7) is 1.30. The van der Waals surface area contributed by atoms with Crippen LogP contribution in [0, 0.1) is 5.41 Å². The van der Waals surface area contributed by atoms with E-state index in [0.29, 0.717) is 36.9 Å². The first kappa shape index (κ1) is 27.1. The van der Waals surface area contributed by atoms with Gasteiger partial charge in [-0.2, -0.15) is 0 Å². The standard InChI is InChI=1S/C32H31ClN4O3/c33-26-8-4-5-23(19-26)21-37-28-20-25(24-6-2-1-3-7-24)11-14-29(28)40-30(31(37)38)16-18-39-27-12-9-22(10-13-27)15-17-36-32(34)35/h1-14,19-20,30H,15-18,21H2,(H4,34,35,36). The molecule has 0 saturated heterocycles. The number of ether oxygens (including phenoxy) is 2. The van der Waals surface area contributed by atoms with E-state index in [1.807, 2.05) is 97.1 Å². The third-order valence-corrected chi connectivity index (χ3v) is 6.93. The van der Waals surface area contributed by atoms with Crippen molar-refractivity contribution in [3.8, 4) is 22.6 Å². The van der Waals surface area contributed by atoms with Crippen molar-refractivity contribution in [3.63, 3.8) is 0 Å². The van der Waals surface area contributed by atoms with Gasteiger partial charge in [0.2, 0.25) is 0 Å². The van der Waals surface area contributed by atoms with Crippen molar-refractivity contribution in [2.24, 2.45) is 5.73 Å². The first-order chi connectivity index (χ1) is 19.5. The molecule has 0 spiro atoms. The zero-order valence-electron chi connectivity index (χ0n) is 22.0. The number of amides is 1. The smallest absolute Gasteiger partial charge is 0.268 e. The predicted molar refractivity (Wildman–Crippen MR) is 159 cm³/mol. The van der Waals surface area contributed by atoms with Crippen LogP contribution in [0.2, 0.25) is 5.02 Å². The molecule has 1 amide bonds. The maximum Gasteiger partial charge on any atom is 0.268 e. The Hall–Kier alpha value is -4.49. The number of halogens is 1. The second-order valence-corrected chi connectivity index (χ2v) is 10.0. The molecule has 7 nitrogen and oxygen atoms in total. The van der Waals surface area contributed by atoms with E-state index in [1.54, 1.807) is 4.90 Å². The molecule has 1 unspecified atom stereocenters. The van der Waals surface area contributed by atoms with Crippen LogP contribution in [0.3, 0.4) is 0 Å². The second-order valence-electron chi connectivity index (χ2n) is 9.58. The highest BCUT2D eigenvalue weighted by atomic mass is 35.5. The maximum atomic E-state index is 13.7. The Morgan fingerprint density at radius 2 is 1.75 bits per heavy atom. The molecule has 1 heterocycles. The second kappa shape index (κ2) is 12.6. The largest absolute Gasteiger partial charge is 0.493 e. The minimum absolute atomic E-state index is 0.0372. The van der Waals surface area contributed by atoms with Crippen LogP contribution < -0.4 is 25.4 Å². The average molecular weight is 555 g/mol. The molecule has 0 bridgehead atoms. The van der Waals surface area contributed by atoms with Crippen LogP contribution in [-0.2, 0) is 17.8 Å². The Balaban J connectivity index is 1.29. The molecule has 5 rings (SSSR count). The van der Waals surface area contributed by atoms with E-state index in [9.17, 15) is 4.79 Å². The molecule has 1 aliphatic heterocycles. The summed E-state index contributed by atoms with van der Waals surface area (Å²) in [7, 11) is 0. The molecule has 1 atom stereocenters. The summed E-state index contributed by atoms with van der Waals surface area (Å²) in [6, 6.07) is 31.3. The summed E-state index contributed by atoms with van der Waals surface area (Å²) in [6.07, 6.45) is 0.471. The van der Waals surface area contributed by atoms with Gasteiger partial charge in [-0.1, -0.05) is 72.3 Å². The van der Waals surface area contributed by atoms with Crippen LogP contribution in [0.15, 0.2) is 97.1 Å². The van der Waals surface area contributed by atoms with Crippen molar-refractivity contribution in [1.82, 2.24) is 5.32 Å². The van der Waals surface area contributed by atoms with Gasteiger partial charge in [0.25, 0.3) is 5.91 Å². The number of carbonyl (C=O) groups excluding carboxylic acids is 1. The van der Waals surface area contributed by atoms with Gasteiger partial charge >= 0.3 is 0 Å². The molecular weight excluding hydrogens is 524 g/mol. The van der Waals surface area contributed by atoms with Crippen molar-refractivity contribution in [1.29, 1.82) is 5.41 Å². The van der Waals surface area contributed by atoms with Gasteiger partial charge in [0.1, 0.15) is 11.5 Å². The quantitative estimate of drug-likeness (QED) is 0.170. The first-order valence-electron chi connectivity index (χ1n) is 13.2. The molecule has 40 heavy (non-hydrogen) atoms. The van der Waals surface area contributed by atoms with Gasteiger partial charge in [-0.05, 0) is 65.1 Å². The van der Waals surface area contributed by atoms with Crippen LogP contribution in [0.25, 0.3) is 11.1 Å². The summed E-state index contributed by atoms with van der Waals surface area (Å²) in [5, 5.41) is 10.7. The Morgan fingerprint density at radius 1 is 0.950 bits per heavy atom. The number of benzene rings is 4. The molecule has 4 aromatic rings. The third-order valence-electron chi connectivity index (χ3n) is 6.70. The highest BCUT2D eigenvalue weighted by molar-refractivity contribution is 6.30. The maximum absolute atomic E-state index is 13.7. The number of guanidine groups is 1. The topological polar surface area (TPSA) is 101 Å². The molecule has 1 aliphatic rings. The molecule has 4 aromatic carbocycles. The summed E-state index contributed by atoms with van der Waals surface area (Å²) in [5.41, 5.74) is 10.2. The third kappa shape index (κ3) is 6.74. The summed E-state index contributed by atoms with van der Waals surface area (Å²) >= 11 is 6.25. The van der Waals surface area contributed by atoms with E-state index < -0.39 is 6.10 Å². The lowest BCUT2D eigenvalue weighted by Gasteiger charge is -2.35. The monoisotopic (exact) mass is 554 g/mol. The number of hydrogen-bond donors (Lipinski definition) is 3. The lowest BCUT2D eigenvalue weighted by molar-refractivity contribution is -0.127. The number of hydrogen-bond acceptors (Lipinski definition) is 4. The van der Waals surface area contributed by atoms with Crippen LogP contribution in [0.4, 0.5) is 5.69 Å². The van der Waals surface area contributed by atoms with Crippen LogP contribution in [0.1, 0.15) is 17.5 Å². The first-order valence-corrected chi connectivity index (χ1v) is 13.6. The van der Waals surface area contributed by atoms with Crippen LogP contribution in [0.5, 0.6) is 11.5 Å². The minimum atomic E-state index is -0.675. The van der Waals surface area contributed by atoms with Crippen molar-refractivity contribution >= 4 is 29.2 Å². The zero-order chi connectivity index (χ0) is 27.9. The van der Waals surface area contributed by atoms with E-state index in [0.717, 1.165) is 40.1 Å². The molecule has 0 fully saturated rings. The molecule has 0 radical (unpaired) electrons. The molecule has 4 N–H and O–H groups in total. The SMILES string of the molecule is N=C(N)NCCc1ccc(OCCC2Oc3ccc(-c4ccccc4)cc3N(Cc3cccc(Cl)c3)C2=O)cc1. The van der Waals surface area contributed by atoms with Gasteiger partial charge in [0, 0.05) is 18.0 Å². The molecule has 8 heteroatoms. The molecular formula is C32H31ClN4O3. The fraction of sp³-hybridized carbons (Fsp3) is 0.188. The molecule has 0 saturated carbocycles. The fourth-order valence-corrected chi connectivity index (χ4v) is 4.89. The van der Waals surface area contributed by atoms with Gasteiger partial charge in [0.15, 0.2) is 12.1 Å². The normalized spacial score (nSPS) is 14.3. The average Bonchev–Trinajstić information content (AvgIpc) is 2.96. The van der Waals surface area contributed by atoms with Crippen molar-refractivity contribution < 1.29 is 14.3 Å². The number of fused-ring (bicyclic) bond motifs is 1. The number of rotatable bonds is 10. The predicted octanol–water partition coefficient (Wildman–Crippen LogP) is 5.80. The van der Waals surface area contributed by atoms with Crippen molar-refractivity contribution in [2.45, 2.75) is 25.5 Å². The van der Waals surface area contributed by atoms with Gasteiger partial charge in [-0.25, -0.2) is 0 Å². The van der Waals surface area contributed by atoms with E-state index in [4.69, 9.17) is 32.2 Å². The van der Waals surface area contributed by atoms with Crippen molar-refractivity contribution in [3.05, 3.63) is 113 Å². The van der Waals surface area contributed by atoms with Gasteiger partial charge in [0.05, 0.1) is 18.8 Å². The van der Waals surface area contributed by atoms with E-state index in [-0.39, 0.29) is 11.9 Å². The van der Waals surface area contributed by atoms with E-state index in [2.05, 4.69) is 5.32 Å². The Bertz CT molecular complexity index is 1480. The van der Waals surface area contributed by atoms with E-state index >= 15 is 0 Å². The molecule has 0 aliphatic carbocycles. The zero-order valence-corrected chi connectivity index (χ0v) is 22.7. The highest BCUT2D eigenvalue weighted by Crippen LogP contribution is 2.39. The number of nitrogens with two attached hydrogens (primary N) is 1. The lowest BCUT2D eigenvalue weighted by Crippen LogP contribution is -2.46. The number of carbonyl (C=O) groups is 1. The number of nitrogens with zero attached hydrogens (tertiary/aromatic N) is 1. The Kier molecular flexibility index (Phi) is 8.52. The molecule has 0 aromatic heterocycles.